The highest BCUT2D eigenvalue weighted by molar-refractivity contribution is 7.98. The van der Waals surface area contributed by atoms with Gasteiger partial charge in [0.05, 0.1) is 5.69 Å². The van der Waals surface area contributed by atoms with Crippen LogP contribution in [-0.2, 0) is 13.0 Å². The fraction of sp³-hybridized carbons (Fsp3) is 0.636. The second-order valence-corrected chi connectivity index (χ2v) is 5.00. The van der Waals surface area contributed by atoms with Crippen molar-refractivity contribution in [3.05, 3.63) is 11.3 Å². The van der Waals surface area contributed by atoms with Gasteiger partial charge in [-0.2, -0.15) is 0 Å². The van der Waals surface area contributed by atoms with E-state index in [4.69, 9.17) is 0 Å². The maximum Gasteiger partial charge on any atom is 0.189 e. The van der Waals surface area contributed by atoms with E-state index in [9.17, 15) is 0 Å². The first-order valence-corrected chi connectivity index (χ1v) is 7.00. The number of hydrogen-bond donors (Lipinski definition) is 1. The molecule has 0 atom stereocenters. The Labute approximate surface area is 99.8 Å². The highest BCUT2D eigenvalue weighted by Crippen LogP contribution is 2.28. The molecule has 16 heavy (non-hydrogen) atoms. The number of nitrogens with zero attached hydrogens (tertiary/aromatic N) is 3. The van der Waals surface area contributed by atoms with Crippen molar-refractivity contribution in [2.75, 3.05) is 30.8 Å². The third-order valence-electron chi connectivity index (χ3n) is 3.23. The van der Waals surface area contributed by atoms with Crippen LogP contribution in [0.4, 0.5) is 5.82 Å². The van der Waals surface area contributed by atoms with Crippen LogP contribution in [0.25, 0.3) is 0 Å². The molecule has 0 unspecified atom stereocenters. The summed E-state index contributed by atoms with van der Waals surface area (Å²) in [4.78, 5) is 11.7. The summed E-state index contributed by atoms with van der Waals surface area (Å²) in [5.74, 6) is 1.17. The SMILES string of the molecule is CSc1nc2c(c(N3CCC3)n1)CNCC2. The van der Waals surface area contributed by atoms with Crippen LogP contribution < -0.4 is 10.2 Å². The average Bonchev–Trinajstić information content (AvgIpc) is 2.26. The summed E-state index contributed by atoms with van der Waals surface area (Å²) in [5, 5.41) is 4.33. The Balaban J connectivity index is 2.05. The summed E-state index contributed by atoms with van der Waals surface area (Å²) in [6.07, 6.45) is 4.37. The van der Waals surface area contributed by atoms with Crippen LogP contribution in [0.5, 0.6) is 0 Å². The van der Waals surface area contributed by atoms with Gasteiger partial charge in [-0.1, -0.05) is 11.8 Å². The van der Waals surface area contributed by atoms with Gasteiger partial charge >= 0.3 is 0 Å². The molecule has 4 nitrogen and oxygen atoms in total. The molecule has 1 aromatic rings. The fourth-order valence-electron chi connectivity index (χ4n) is 2.18. The lowest BCUT2D eigenvalue weighted by Crippen LogP contribution is -2.40. The van der Waals surface area contributed by atoms with Gasteiger partial charge in [0.2, 0.25) is 0 Å². The molecule has 0 spiro atoms. The maximum atomic E-state index is 4.66. The highest BCUT2D eigenvalue weighted by atomic mass is 32.2. The molecule has 86 valence electrons. The second kappa shape index (κ2) is 4.22. The summed E-state index contributed by atoms with van der Waals surface area (Å²) >= 11 is 1.64. The monoisotopic (exact) mass is 236 g/mol. The first-order valence-electron chi connectivity index (χ1n) is 5.78. The van der Waals surface area contributed by atoms with E-state index in [1.54, 1.807) is 11.8 Å². The number of anilines is 1. The molecule has 0 aliphatic carbocycles. The minimum Gasteiger partial charge on any atom is -0.356 e. The molecule has 0 bridgehead atoms. The van der Waals surface area contributed by atoms with Gasteiger partial charge in [-0.05, 0) is 12.7 Å². The Hall–Kier alpha value is -0.810. The van der Waals surface area contributed by atoms with Gasteiger partial charge in [-0.15, -0.1) is 0 Å². The largest absolute Gasteiger partial charge is 0.356 e. The van der Waals surface area contributed by atoms with Crippen LogP contribution in [-0.4, -0.2) is 35.9 Å². The van der Waals surface area contributed by atoms with Crippen LogP contribution in [0.1, 0.15) is 17.7 Å². The lowest BCUT2D eigenvalue weighted by molar-refractivity contribution is 0.573. The number of hydrogen-bond acceptors (Lipinski definition) is 5. The molecular weight excluding hydrogens is 220 g/mol. The molecule has 5 heteroatoms. The van der Waals surface area contributed by atoms with Crippen LogP contribution in [0.15, 0.2) is 5.16 Å². The zero-order valence-corrected chi connectivity index (χ0v) is 10.3. The van der Waals surface area contributed by atoms with Crippen LogP contribution in [0.2, 0.25) is 0 Å². The van der Waals surface area contributed by atoms with E-state index >= 15 is 0 Å². The van der Waals surface area contributed by atoms with Crippen molar-refractivity contribution in [2.24, 2.45) is 0 Å². The molecule has 1 aromatic heterocycles. The molecule has 0 radical (unpaired) electrons. The molecule has 0 amide bonds. The van der Waals surface area contributed by atoms with Gasteiger partial charge in [0.25, 0.3) is 0 Å². The Morgan fingerprint density at radius 3 is 2.88 bits per heavy atom. The summed E-state index contributed by atoms with van der Waals surface area (Å²) in [5.41, 5.74) is 2.57. The molecule has 3 rings (SSSR count). The zero-order chi connectivity index (χ0) is 11.0. The molecule has 0 saturated carbocycles. The summed E-state index contributed by atoms with van der Waals surface area (Å²) < 4.78 is 0. The minimum atomic E-state index is 0.919. The fourth-order valence-corrected chi connectivity index (χ4v) is 2.56. The van der Waals surface area contributed by atoms with Crippen molar-refractivity contribution in [3.8, 4) is 0 Å². The van der Waals surface area contributed by atoms with E-state index < -0.39 is 0 Å². The molecule has 2 aliphatic heterocycles. The van der Waals surface area contributed by atoms with Crippen LogP contribution in [0, 0.1) is 0 Å². The van der Waals surface area contributed by atoms with Crippen molar-refractivity contribution >= 4 is 17.6 Å². The van der Waals surface area contributed by atoms with E-state index in [-0.39, 0.29) is 0 Å². The number of nitrogens with one attached hydrogen (secondary N) is 1. The van der Waals surface area contributed by atoms with Crippen molar-refractivity contribution in [3.63, 3.8) is 0 Å². The van der Waals surface area contributed by atoms with Crippen molar-refractivity contribution in [1.29, 1.82) is 0 Å². The lowest BCUT2D eigenvalue weighted by Gasteiger charge is -2.35. The minimum absolute atomic E-state index is 0.919. The summed E-state index contributed by atoms with van der Waals surface area (Å²) in [7, 11) is 0. The highest BCUT2D eigenvalue weighted by Gasteiger charge is 2.24. The standard InChI is InChI=1S/C11H16N4S/c1-16-11-13-9-3-4-12-7-8(9)10(14-11)15-5-2-6-15/h12H,2-7H2,1H3. The lowest BCUT2D eigenvalue weighted by atomic mass is 10.1. The smallest absolute Gasteiger partial charge is 0.189 e. The number of fused-ring (bicyclic) bond motifs is 1. The molecule has 3 heterocycles. The molecule has 0 aromatic carbocycles. The van der Waals surface area contributed by atoms with Gasteiger partial charge in [-0.3, -0.25) is 0 Å². The second-order valence-electron chi connectivity index (χ2n) is 4.23. The van der Waals surface area contributed by atoms with Gasteiger partial charge in [0.15, 0.2) is 5.16 Å². The molecular formula is C11H16N4S. The third kappa shape index (κ3) is 1.68. The van der Waals surface area contributed by atoms with E-state index in [0.717, 1.165) is 37.8 Å². The van der Waals surface area contributed by atoms with Crippen molar-refractivity contribution in [1.82, 2.24) is 15.3 Å². The molecule has 1 N–H and O–H groups in total. The predicted molar refractivity (Wildman–Crippen MR) is 66.1 cm³/mol. The van der Waals surface area contributed by atoms with Gasteiger partial charge in [0.1, 0.15) is 5.82 Å². The molecule has 2 aliphatic rings. The van der Waals surface area contributed by atoms with E-state index in [1.807, 2.05) is 6.26 Å². The molecule has 1 fully saturated rings. The Morgan fingerprint density at radius 2 is 2.19 bits per heavy atom. The van der Waals surface area contributed by atoms with Crippen LogP contribution in [0.3, 0.4) is 0 Å². The topological polar surface area (TPSA) is 41.1 Å². The Morgan fingerprint density at radius 1 is 1.31 bits per heavy atom. The van der Waals surface area contributed by atoms with Gasteiger partial charge < -0.3 is 10.2 Å². The summed E-state index contributed by atoms with van der Waals surface area (Å²) in [6, 6.07) is 0. The first-order chi connectivity index (χ1) is 7.88. The van der Waals surface area contributed by atoms with Crippen molar-refractivity contribution in [2.45, 2.75) is 24.5 Å². The first kappa shape index (κ1) is 10.4. The number of thioether (sulfide) groups is 1. The summed E-state index contributed by atoms with van der Waals surface area (Å²) in [6.45, 7) is 4.27. The average molecular weight is 236 g/mol. The van der Waals surface area contributed by atoms with E-state index in [1.165, 1.54) is 23.5 Å². The van der Waals surface area contributed by atoms with Gasteiger partial charge in [-0.25, -0.2) is 9.97 Å². The normalized spacial score (nSPS) is 19.2. The van der Waals surface area contributed by atoms with Crippen molar-refractivity contribution < 1.29 is 0 Å². The third-order valence-corrected chi connectivity index (χ3v) is 3.78. The van der Waals surface area contributed by atoms with Gasteiger partial charge in [0, 0.05) is 38.2 Å². The zero-order valence-electron chi connectivity index (χ0n) is 9.49. The predicted octanol–water partition coefficient (Wildman–Crippen LogP) is 1.05. The quantitative estimate of drug-likeness (QED) is 0.614. The Bertz CT molecular complexity index is 403. The molecule has 1 saturated heterocycles. The Kier molecular flexibility index (Phi) is 2.73. The maximum absolute atomic E-state index is 4.66. The van der Waals surface area contributed by atoms with Crippen LogP contribution >= 0.6 is 11.8 Å². The number of aromatic nitrogens is 2. The van der Waals surface area contributed by atoms with E-state index in [2.05, 4.69) is 20.2 Å². The number of rotatable bonds is 2. The van der Waals surface area contributed by atoms with E-state index in [0.29, 0.717) is 0 Å².